The highest BCUT2D eigenvalue weighted by atomic mass is 16.2. The van der Waals surface area contributed by atoms with Crippen LogP contribution in [0.5, 0.6) is 0 Å². The quantitative estimate of drug-likeness (QED) is 0.656. The van der Waals surface area contributed by atoms with E-state index >= 15 is 0 Å². The minimum Gasteiger partial charge on any atom is -0.301 e. The summed E-state index contributed by atoms with van der Waals surface area (Å²) in [4.78, 5) is 47.3. The Balaban J connectivity index is 2.07. The van der Waals surface area contributed by atoms with Gasteiger partial charge in [-0.3, -0.25) is 20.0 Å². The molecular formula is C15H13N5O3. The molecule has 0 aliphatic carbocycles. The molecule has 2 heterocycles. The Morgan fingerprint density at radius 1 is 1.09 bits per heavy atom. The highest BCUT2D eigenvalue weighted by molar-refractivity contribution is 6.07. The zero-order valence-corrected chi connectivity index (χ0v) is 12.0. The van der Waals surface area contributed by atoms with Crippen LogP contribution in [0.1, 0.15) is 5.69 Å². The van der Waals surface area contributed by atoms with Crippen LogP contribution in [-0.2, 0) is 9.59 Å². The smallest absolute Gasteiger partial charge is 0.301 e. The molecule has 1 N–H and O–H groups in total. The molecule has 0 aliphatic heterocycles. The van der Waals surface area contributed by atoms with Gasteiger partial charge >= 0.3 is 6.03 Å². The predicted molar refractivity (Wildman–Crippen MR) is 82.1 cm³/mol. The summed E-state index contributed by atoms with van der Waals surface area (Å²) in [6, 6.07) is 6.00. The van der Waals surface area contributed by atoms with E-state index in [0.717, 1.165) is 11.0 Å². The Labute approximate surface area is 131 Å². The van der Waals surface area contributed by atoms with Gasteiger partial charge in [0.15, 0.2) is 0 Å². The Kier molecular flexibility index (Phi) is 5.64. The van der Waals surface area contributed by atoms with E-state index in [9.17, 15) is 14.4 Å². The van der Waals surface area contributed by atoms with E-state index < -0.39 is 11.9 Å². The SMILES string of the molecule is O=CCN(C(=O)C=Cc1ccccn1)C(=O)Nc1ncccn1. The van der Waals surface area contributed by atoms with E-state index in [4.69, 9.17) is 0 Å². The number of hydrogen-bond acceptors (Lipinski definition) is 6. The molecule has 0 saturated carbocycles. The molecule has 3 amide bonds. The highest BCUT2D eigenvalue weighted by Gasteiger charge is 2.19. The van der Waals surface area contributed by atoms with Crippen LogP contribution in [0.3, 0.4) is 0 Å². The fourth-order valence-corrected chi connectivity index (χ4v) is 1.60. The molecule has 0 bridgehead atoms. The lowest BCUT2D eigenvalue weighted by Crippen LogP contribution is -2.40. The molecule has 2 aromatic heterocycles. The molecule has 0 spiro atoms. The van der Waals surface area contributed by atoms with Gasteiger partial charge in [-0.2, -0.15) is 0 Å². The summed E-state index contributed by atoms with van der Waals surface area (Å²) in [5.74, 6) is -0.619. The summed E-state index contributed by atoms with van der Waals surface area (Å²) in [7, 11) is 0. The van der Waals surface area contributed by atoms with Gasteiger partial charge < -0.3 is 4.79 Å². The minimum atomic E-state index is -0.793. The number of hydrogen-bond donors (Lipinski definition) is 1. The first kappa shape index (κ1) is 16.0. The van der Waals surface area contributed by atoms with Crippen LogP contribution in [-0.4, -0.2) is 44.6 Å². The second-order valence-corrected chi connectivity index (χ2v) is 4.21. The second kappa shape index (κ2) is 8.13. The Bertz CT molecular complexity index is 704. The van der Waals surface area contributed by atoms with Crippen molar-refractivity contribution in [1.82, 2.24) is 19.9 Å². The zero-order valence-electron chi connectivity index (χ0n) is 12.0. The molecular weight excluding hydrogens is 298 g/mol. The van der Waals surface area contributed by atoms with Gasteiger partial charge in [0.25, 0.3) is 5.91 Å². The third-order valence-corrected chi connectivity index (χ3v) is 2.64. The van der Waals surface area contributed by atoms with Crippen LogP contribution in [0, 0.1) is 0 Å². The number of urea groups is 1. The second-order valence-electron chi connectivity index (χ2n) is 4.21. The van der Waals surface area contributed by atoms with Crippen molar-refractivity contribution in [2.75, 3.05) is 11.9 Å². The largest absolute Gasteiger partial charge is 0.331 e. The third kappa shape index (κ3) is 4.81. The summed E-state index contributed by atoms with van der Waals surface area (Å²) >= 11 is 0. The lowest BCUT2D eigenvalue weighted by molar-refractivity contribution is -0.125. The third-order valence-electron chi connectivity index (χ3n) is 2.64. The molecule has 0 atom stereocenters. The van der Waals surface area contributed by atoms with E-state index in [1.807, 2.05) is 0 Å². The van der Waals surface area contributed by atoms with Crippen LogP contribution in [0.25, 0.3) is 6.08 Å². The summed E-state index contributed by atoms with van der Waals surface area (Å²) < 4.78 is 0. The average molecular weight is 311 g/mol. The number of amides is 3. The summed E-state index contributed by atoms with van der Waals surface area (Å²) in [6.07, 6.45) is 7.53. The number of carbonyl (C=O) groups is 3. The number of imide groups is 1. The maximum Gasteiger partial charge on any atom is 0.331 e. The van der Waals surface area contributed by atoms with Gasteiger partial charge in [-0.1, -0.05) is 6.07 Å². The van der Waals surface area contributed by atoms with Crippen LogP contribution in [0.2, 0.25) is 0 Å². The summed E-state index contributed by atoms with van der Waals surface area (Å²) in [6.45, 7) is -0.385. The molecule has 0 aromatic carbocycles. The Morgan fingerprint density at radius 2 is 1.83 bits per heavy atom. The monoisotopic (exact) mass is 311 g/mol. The van der Waals surface area contributed by atoms with Gasteiger partial charge in [0, 0.05) is 24.7 Å². The molecule has 2 aromatic rings. The highest BCUT2D eigenvalue weighted by Crippen LogP contribution is 2.02. The first-order chi connectivity index (χ1) is 11.2. The molecule has 116 valence electrons. The molecule has 0 saturated heterocycles. The molecule has 0 radical (unpaired) electrons. The standard InChI is InChI=1S/C15H13N5O3/c21-11-10-20(15(23)19-14-17-8-3-9-18-14)13(22)6-5-12-4-1-2-7-16-12/h1-9,11H,10H2,(H,17,18,19,23). The van der Waals surface area contributed by atoms with Crippen LogP contribution < -0.4 is 5.32 Å². The Hall–Kier alpha value is -3.42. The fraction of sp³-hybridized carbons (Fsp3) is 0.0667. The van der Waals surface area contributed by atoms with Crippen molar-refractivity contribution in [2.24, 2.45) is 0 Å². The first-order valence-corrected chi connectivity index (χ1v) is 6.63. The van der Waals surface area contributed by atoms with Crippen molar-refractivity contribution in [3.8, 4) is 0 Å². The van der Waals surface area contributed by atoms with Crippen molar-refractivity contribution < 1.29 is 14.4 Å². The van der Waals surface area contributed by atoms with E-state index in [1.54, 1.807) is 30.5 Å². The molecule has 8 nitrogen and oxygen atoms in total. The molecule has 8 heteroatoms. The average Bonchev–Trinajstić information content (AvgIpc) is 2.59. The van der Waals surface area contributed by atoms with Gasteiger partial charge in [0.1, 0.15) is 6.29 Å². The topological polar surface area (TPSA) is 105 Å². The van der Waals surface area contributed by atoms with Crippen LogP contribution in [0.15, 0.2) is 48.9 Å². The van der Waals surface area contributed by atoms with Gasteiger partial charge in [0.2, 0.25) is 5.95 Å². The van der Waals surface area contributed by atoms with Crippen LogP contribution >= 0.6 is 0 Å². The lowest BCUT2D eigenvalue weighted by Gasteiger charge is -2.16. The number of nitrogens with one attached hydrogen (secondary N) is 1. The number of aromatic nitrogens is 3. The van der Waals surface area contributed by atoms with Gasteiger partial charge in [-0.05, 0) is 24.3 Å². The fourth-order valence-electron chi connectivity index (χ4n) is 1.60. The zero-order chi connectivity index (χ0) is 16.5. The number of rotatable bonds is 5. The maximum absolute atomic E-state index is 12.1. The summed E-state index contributed by atoms with van der Waals surface area (Å²) in [5.41, 5.74) is 0.554. The number of pyridine rings is 1. The number of nitrogens with zero attached hydrogens (tertiary/aromatic N) is 4. The van der Waals surface area contributed by atoms with E-state index in [0.29, 0.717) is 12.0 Å². The molecule has 23 heavy (non-hydrogen) atoms. The van der Waals surface area contributed by atoms with E-state index in [-0.39, 0.29) is 12.5 Å². The maximum atomic E-state index is 12.1. The number of aldehydes is 1. The van der Waals surface area contributed by atoms with Gasteiger partial charge in [-0.25, -0.2) is 14.8 Å². The minimum absolute atomic E-state index is 0.0369. The summed E-state index contributed by atoms with van der Waals surface area (Å²) in [5, 5.41) is 2.34. The molecule has 2 rings (SSSR count). The number of anilines is 1. The van der Waals surface area contributed by atoms with Crippen molar-refractivity contribution >= 4 is 30.2 Å². The first-order valence-electron chi connectivity index (χ1n) is 6.63. The van der Waals surface area contributed by atoms with E-state index in [1.165, 1.54) is 18.5 Å². The molecule has 0 aliphatic rings. The van der Waals surface area contributed by atoms with Crippen LogP contribution in [0.4, 0.5) is 10.7 Å². The van der Waals surface area contributed by atoms with Crippen molar-refractivity contribution in [3.05, 3.63) is 54.6 Å². The van der Waals surface area contributed by atoms with Gasteiger partial charge in [0.05, 0.1) is 12.2 Å². The number of carbonyl (C=O) groups excluding carboxylic acids is 3. The van der Waals surface area contributed by atoms with E-state index in [2.05, 4.69) is 20.3 Å². The lowest BCUT2D eigenvalue weighted by atomic mass is 10.3. The Morgan fingerprint density at radius 3 is 2.48 bits per heavy atom. The predicted octanol–water partition coefficient (Wildman–Crippen LogP) is 1.14. The van der Waals surface area contributed by atoms with Crippen molar-refractivity contribution in [2.45, 2.75) is 0 Å². The molecule has 0 unspecified atom stereocenters. The van der Waals surface area contributed by atoms with Crippen molar-refractivity contribution in [1.29, 1.82) is 0 Å². The molecule has 0 fully saturated rings. The normalized spacial score (nSPS) is 10.3. The van der Waals surface area contributed by atoms with Crippen molar-refractivity contribution in [3.63, 3.8) is 0 Å². The van der Waals surface area contributed by atoms with Gasteiger partial charge in [-0.15, -0.1) is 0 Å².